The Morgan fingerprint density at radius 2 is 1.71 bits per heavy atom. The Kier molecular flexibility index (Phi) is 7.86. The van der Waals surface area contributed by atoms with Crippen LogP contribution in [0.5, 0.6) is 0 Å². The second-order valence-corrected chi connectivity index (χ2v) is 9.21. The van der Waals surface area contributed by atoms with Crippen LogP contribution in [0.3, 0.4) is 0 Å². The quantitative estimate of drug-likeness (QED) is 0.247. The molecule has 3 aromatic rings. The van der Waals surface area contributed by atoms with E-state index < -0.39 is 0 Å². The predicted molar refractivity (Wildman–Crippen MR) is 138 cm³/mol. The molecule has 3 nitrogen and oxygen atoms in total. The molecule has 0 bridgehead atoms. The van der Waals surface area contributed by atoms with E-state index in [0.29, 0.717) is 5.11 Å². The highest BCUT2D eigenvalue weighted by Gasteiger charge is 2.15. The van der Waals surface area contributed by atoms with Gasteiger partial charge in [-0.1, -0.05) is 48.5 Å². The van der Waals surface area contributed by atoms with Crippen LogP contribution in [0.25, 0.3) is 0 Å². The van der Waals surface area contributed by atoms with Crippen LogP contribution in [0.4, 0.5) is 11.4 Å². The molecule has 160 valence electrons. The highest BCUT2D eigenvalue weighted by atomic mass is 32.2. The first-order chi connectivity index (χ1) is 15.3. The lowest BCUT2D eigenvalue weighted by atomic mass is 10.0. The van der Waals surface area contributed by atoms with Crippen molar-refractivity contribution in [3.05, 3.63) is 90.0 Å². The lowest BCUT2D eigenvalue weighted by molar-refractivity contribution is 0.658. The van der Waals surface area contributed by atoms with Crippen LogP contribution in [0.15, 0.2) is 83.8 Å². The second kappa shape index (κ2) is 11.2. The van der Waals surface area contributed by atoms with E-state index in [2.05, 4.69) is 88.3 Å². The van der Waals surface area contributed by atoms with Gasteiger partial charge in [0.1, 0.15) is 0 Å². The van der Waals surface area contributed by atoms with Gasteiger partial charge < -0.3 is 15.5 Å². The lowest BCUT2D eigenvalue weighted by Crippen LogP contribution is -2.34. The predicted octanol–water partition coefficient (Wildman–Crippen LogP) is 6.11. The summed E-state index contributed by atoms with van der Waals surface area (Å²) in [6.07, 6.45) is 3.50. The minimum Gasteiger partial charge on any atom is -0.371 e. The number of anilines is 2. The van der Waals surface area contributed by atoms with Gasteiger partial charge in [0.2, 0.25) is 0 Å². The number of thioether (sulfide) groups is 1. The molecule has 0 amide bonds. The molecule has 0 aromatic heterocycles. The minimum atomic E-state index is 0.686. The van der Waals surface area contributed by atoms with Crippen molar-refractivity contribution < 1.29 is 0 Å². The summed E-state index contributed by atoms with van der Waals surface area (Å²) in [4.78, 5) is 3.80. The van der Waals surface area contributed by atoms with Gasteiger partial charge in [-0.3, -0.25) is 0 Å². The van der Waals surface area contributed by atoms with Gasteiger partial charge in [0.15, 0.2) is 5.11 Å². The van der Waals surface area contributed by atoms with E-state index in [4.69, 9.17) is 12.2 Å². The molecule has 2 N–H and O–H groups in total. The van der Waals surface area contributed by atoms with E-state index in [1.54, 1.807) is 0 Å². The monoisotopic (exact) mass is 447 g/mol. The summed E-state index contributed by atoms with van der Waals surface area (Å²) in [5, 5.41) is 7.33. The van der Waals surface area contributed by atoms with Crippen molar-refractivity contribution in [3.63, 3.8) is 0 Å². The molecule has 1 aliphatic heterocycles. The molecular weight excluding hydrogens is 418 g/mol. The molecule has 4 rings (SSSR count). The first-order valence-electron chi connectivity index (χ1n) is 10.9. The third-order valence-electron chi connectivity index (χ3n) is 5.46. The van der Waals surface area contributed by atoms with Crippen LogP contribution >= 0.6 is 24.0 Å². The van der Waals surface area contributed by atoms with Crippen LogP contribution in [0, 0.1) is 0 Å². The molecule has 1 aliphatic rings. The molecule has 0 saturated heterocycles. The zero-order valence-corrected chi connectivity index (χ0v) is 19.4. The molecule has 0 radical (unpaired) electrons. The van der Waals surface area contributed by atoms with E-state index in [-0.39, 0.29) is 0 Å². The van der Waals surface area contributed by atoms with Gasteiger partial charge in [-0.15, -0.1) is 11.8 Å². The number of aryl methyl sites for hydroxylation is 1. The van der Waals surface area contributed by atoms with Crippen molar-refractivity contribution in [2.75, 3.05) is 29.9 Å². The first-order valence-corrected chi connectivity index (χ1v) is 12.3. The van der Waals surface area contributed by atoms with Gasteiger partial charge in [0.05, 0.1) is 0 Å². The molecular formula is C26H29N3S2. The molecule has 0 atom stereocenters. The SMILES string of the molecule is S=C(NCCCN1CCCc2ccccc21)Nc1ccc(CSc2ccccc2)cc1. The Morgan fingerprint density at radius 3 is 2.55 bits per heavy atom. The Balaban J connectivity index is 1.16. The number of nitrogens with one attached hydrogen (secondary N) is 2. The lowest BCUT2D eigenvalue weighted by Gasteiger charge is -2.31. The number of hydrogen-bond acceptors (Lipinski definition) is 3. The van der Waals surface area contributed by atoms with Crippen LogP contribution in [-0.2, 0) is 12.2 Å². The van der Waals surface area contributed by atoms with Gasteiger partial charge in [0.25, 0.3) is 0 Å². The van der Waals surface area contributed by atoms with E-state index in [0.717, 1.165) is 37.5 Å². The smallest absolute Gasteiger partial charge is 0.170 e. The fourth-order valence-corrected chi connectivity index (χ4v) is 4.95. The minimum absolute atomic E-state index is 0.686. The Labute approximate surface area is 195 Å². The topological polar surface area (TPSA) is 27.3 Å². The summed E-state index contributed by atoms with van der Waals surface area (Å²) in [6.45, 7) is 3.07. The van der Waals surface area contributed by atoms with Crippen molar-refractivity contribution in [1.29, 1.82) is 0 Å². The fourth-order valence-electron chi connectivity index (χ4n) is 3.86. The summed E-state index contributed by atoms with van der Waals surface area (Å²) < 4.78 is 0. The fraction of sp³-hybridized carbons (Fsp3) is 0.269. The van der Waals surface area contributed by atoms with E-state index >= 15 is 0 Å². The van der Waals surface area contributed by atoms with Crippen molar-refractivity contribution in [2.24, 2.45) is 0 Å². The average molecular weight is 448 g/mol. The molecule has 0 fully saturated rings. The number of nitrogens with zero attached hydrogens (tertiary/aromatic N) is 1. The van der Waals surface area contributed by atoms with Gasteiger partial charge in [0, 0.05) is 41.7 Å². The summed E-state index contributed by atoms with van der Waals surface area (Å²) in [6, 6.07) is 27.8. The van der Waals surface area contributed by atoms with E-state index in [1.165, 1.54) is 34.6 Å². The highest BCUT2D eigenvalue weighted by Crippen LogP contribution is 2.26. The number of thiocarbonyl (C=S) groups is 1. The third-order valence-corrected chi connectivity index (χ3v) is 6.79. The molecule has 0 aliphatic carbocycles. The maximum atomic E-state index is 5.48. The number of benzene rings is 3. The number of fused-ring (bicyclic) bond motifs is 1. The van der Waals surface area contributed by atoms with Crippen molar-refractivity contribution in [2.45, 2.75) is 29.9 Å². The summed E-state index contributed by atoms with van der Waals surface area (Å²) in [7, 11) is 0. The summed E-state index contributed by atoms with van der Waals surface area (Å²) in [5.41, 5.74) is 5.21. The molecule has 31 heavy (non-hydrogen) atoms. The highest BCUT2D eigenvalue weighted by molar-refractivity contribution is 7.98. The standard InChI is InChI=1S/C26H29N3S2/c30-26(27-17-7-19-29-18-6-9-22-8-4-5-12-25(22)29)28-23-15-13-21(14-16-23)20-31-24-10-2-1-3-11-24/h1-5,8,10-16H,6-7,9,17-20H2,(H2,27,28,30). The summed E-state index contributed by atoms with van der Waals surface area (Å²) in [5.74, 6) is 0.965. The number of para-hydroxylation sites is 1. The van der Waals surface area contributed by atoms with E-state index in [1.807, 2.05) is 17.8 Å². The van der Waals surface area contributed by atoms with Crippen molar-refractivity contribution in [3.8, 4) is 0 Å². The first kappa shape index (κ1) is 21.7. The molecule has 0 unspecified atom stereocenters. The Bertz CT molecular complexity index is 973. The normalized spacial score (nSPS) is 12.8. The van der Waals surface area contributed by atoms with Gasteiger partial charge in [-0.05, 0) is 72.9 Å². The molecule has 1 heterocycles. The maximum Gasteiger partial charge on any atom is 0.170 e. The van der Waals surface area contributed by atoms with Crippen LogP contribution in [0.2, 0.25) is 0 Å². The average Bonchev–Trinajstić information content (AvgIpc) is 2.82. The summed E-state index contributed by atoms with van der Waals surface area (Å²) >= 11 is 7.33. The van der Waals surface area contributed by atoms with Gasteiger partial charge in [-0.25, -0.2) is 0 Å². The molecule has 5 heteroatoms. The van der Waals surface area contributed by atoms with Crippen molar-refractivity contribution in [1.82, 2.24) is 5.32 Å². The largest absolute Gasteiger partial charge is 0.371 e. The van der Waals surface area contributed by atoms with Crippen LogP contribution in [0.1, 0.15) is 24.0 Å². The molecule has 0 saturated carbocycles. The zero-order valence-electron chi connectivity index (χ0n) is 17.7. The number of rotatable bonds is 8. The number of hydrogen-bond donors (Lipinski definition) is 2. The van der Waals surface area contributed by atoms with Crippen LogP contribution < -0.4 is 15.5 Å². The van der Waals surface area contributed by atoms with Gasteiger partial charge in [-0.2, -0.15) is 0 Å². The van der Waals surface area contributed by atoms with E-state index in [9.17, 15) is 0 Å². The van der Waals surface area contributed by atoms with Crippen LogP contribution in [-0.4, -0.2) is 24.7 Å². The third kappa shape index (κ3) is 6.49. The second-order valence-electron chi connectivity index (χ2n) is 7.75. The van der Waals surface area contributed by atoms with Gasteiger partial charge >= 0.3 is 0 Å². The Morgan fingerprint density at radius 1 is 0.935 bits per heavy atom. The maximum absolute atomic E-state index is 5.48. The van der Waals surface area contributed by atoms with Crippen molar-refractivity contribution >= 4 is 40.5 Å². The molecule has 0 spiro atoms. The Hall–Kier alpha value is -2.50. The molecule has 3 aromatic carbocycles. The zero-order chi connectivity index (χ0) is 21.3.